The number of benzene rings is 3. The van der Waals surface area contributed by atoms with E-state index in [9.17, 15) is 14.4 Å². The van der Waals surface area contributed by atoms with Crippen LogP contribution in [0.1, 0.15) is 33.8 Å². The van der Waals surface area contributed by atoms with E-state index < -0.39 is 12.1 Å². The summed E-state index contributed by atoms with van der Waals surface area (Å²) in [6.07, 6.45) is -0.585. The number of carboxylic acids is 1. The van der Waals surface area contributed by atoms with Crippen LogP contribution >= 0.6 is 0 Å². The van der Waals surface area contributed by atoms with Gasteiger partial charge >= 0.3 is 12.1 Å². The molecule has 2 amide bonds. The molecule has 1 fully saturated rings. The van der Waals surface area contributed by atoms with Crippen molar-refractivity contribution in [2.45, 2.75) is 12.3 Å². The molecule has 34 heavy (non-hydrogen) atoms. The summed E-state index contributed by atoms with van der Waals surface area (Å²) in [5.41, 5.74) is 5.27. The van der Waals surface area contributed by atoms with E-state index in [0.29, 0.717) is 24.3 Å². The van der Waals surface area contributed by atoms with Crippen LogP contribution < -0.4 is 5.32 Å². The number of ether oxygens (including phenoxy) is 1. The molecule has 7 heteroatoms. The van der Waals surface area contributed by atoms with Gasteiger partial charge in [-0.15, -0.1) is 0 Å². The van der Waals surface area contributed by atoms with Crippen molar-refractivity contribution >= 4 is 23.7 Å². The zero-order valence-corrected chi connectivity index (χ0v) is 18.4. The quantitative estimate of drug-likeness (QED) is 0.565. The number of carboxylic acid groups (broad SMARTS) is 1. The Labute approximate surface area is 197 Å². The van der Waals surface area contributed by atoms with Crippen LogP contribution in [-0.4, -0.2) is 47.7 Å². The zero-order chi connectivity index (χ0) is 23.7. The van der Waals surface area contributed by atoms with Crippen molar-refractivity contribution in [3.63, 3.8) is 0 Å². The second-order valence-electron chi connectivity index (χ2n) is 8.67. The van der Waals surface area contributed by atoms with E-state index in [2.05, 4.69) is 29.6 Å². The Kier molecular flexibility index (Phi) is 5.76. The smallest absolute Gasteiger partial charge is 0.411 e. The number of hydrogen-bond acceptors (Lipinski definition) is 4. The van der Waals surface area contributed by atoms with E-state index in [1.807, 2.05) is 24.3 Å². The molecule has 0 atom stereocenters. The number of anilines is 1. The Morgan fingerprint density at radius 3 is 2.12 bits per heavy atom. The molecule has 0 radical (unpaired) electrons. The molecule has 0 aromatic heterocycles. The molecule has 172 valence electrons. The number of carbonyl (C=O) groups is 3. The normalized spacial score (nSPS) is 14.6. The van der Waals surface area contributed by atoms with Crippen LogP contribution in [0.25, 0.3) is 11.1 Å². The number of amides is 2. The van der Waals surface area contributed by atoms with Crippen LogP contribution in [0.5, 0.6) is 0 Å². The first kappa shape index (κ1) is 21.7. The first-order valence-electron chi connectivity index (χ1n) is 11.2. The molecule has 0 unspecified atom stereocenters. The first-order chi connectivity index (χ1) is 16.5. The molecule has 3 aromatic carbocycles. The van der Waals surface area contributed by atoms with Gasteiger partial charge in [0, 0.05) is 24.9 Å². The van der Waals surface area contributed by atoms with Gasteiger partial charge in [0.1, 0.15) is 6.61 Å². The van der Waals surface area contributed by atoms with Crippen LogP contribution in [0.4, 0.5) is 10.5 Å². The number of nitrogens with zero attached hydrogens (tertiary/aromatic N) is 1. The van der Waals surface area contributed by atoms with E-state index in [1.54, 1.807) is 29.2 Å². The Hall–Kier alpha value is -4.13. The summed E-state index contributed by atoms with van der Waals surface area (Å²) in [4.78, 5) is 38.0. The molecule has 0 bridgehead atoms. The Morgan fingerprint density at radius 1 is 0.882 bits per heavy atom. The van der Waals surface area contributed by atoms with E-state index in [0.717, 1.165) is 22.3 Å². The lowest BCUT2D eigenvalue weighted by Gasteiger charge is -2.38. The van der Waals surface area contributed by atoms with Crippen molar-refractivity contribution in [2.24, 2.45) is 5.92 Å². The average molecular weight is 456 g/mol. The fraction of sp³-hybridized carbons (Fsp3) is 0.222. The van der Waals surface area contributed by atoms with Gasteiger partial charge < -0.3 is 14.7 Å². The second kappa shape index (κ2) is 9.02. The first-order valence-corrected chi connectivity index (χ1v) is 11.2. The Balaban J connectivity index is 1.24. The van der Waals surface area contributed by atoms with Gasteiger partial charge in [-0.25, -0.2) is 4.79 Å². The van der Waals surface area contributed by atoms with E-state index >= 15 is 0 Å². The van der Waals surface area contributed by atoms with Crippen LogP contribution in [0.15, 0.2) is 72.8 Å². The summed E-state index contributed by atoms with van der Waals surface area (Å²) in [6.45, 7) is 0.966. The number of aliphatic carboxylic acids is 1. The van der Waals surface area contributed by atoms with Gasteiger partial charge in [0.15, 0.2) is 0 Å². The fourth-order valence-corrected chi connectivity index (χ4v) is 4.81. The topological polar surface area (TPSA) is 95.9 Å². The number of carbonyl (C=O) groups excluding carboxylic acids is 2. The van der Waals surface area contributed by atoms with Crippen molar-refractivity contribution in [2.75, 3.05) is 25.0 Å². The lowest BCUT2D eigenvalue weighted by molar-refractivity contribution is -0.139. The number of rotatable bonds is 6. The molecule has 0 spiro atoms. The molecule has 2 N–H and O–H groups in total. The van der Waals surface area contributed by atoms with Crippen LogP contribution in [-0.2, 0) is 9.53 Å². The lowest BCUT2D eigenvalue weighted by atomic mass is 9.95. The summed E-state index contributed by atoms with van der Waals surface area (Å²) in [5, 5.41) is 11.6. The molecular formula is C27H24N2O5. The summed E-state index contributed by atoms with van der Waals surface area (Å²) in [6, 6.07) is 23.0. The SMILES string of the molecule is O=C(O)CC1CN(C(=O)c2ccccc2NC(=O)OCC2c3ccccc3-c3ccccc32)C1. The van der Waals surface area contributed by atoms with Crippen LogP contribution in [0, 0.1) is 5.92 Å². The fourth-order valence-electron chi connectivity index (χ4n) is 4.81. The molecule has 7 nitrogen and oxygen atoms in total. The van der Waals surface area contributed by atoms with E-state index in [1.165, 1.54) is 0 Å². The Morgan fingerprint density at radius 2 is 1.47 bits per heavy atom. The summed E-state index contributed by atoms with van der Waals surface area (Å²) in [7, 11) is 0. The molecule has 1 aliphatic carbocycles. The van der Waals surface area contributed by atoms with Gasteiger partial charge in [0.25, 0.3) is 5.91 Å². The third kappa shape index (κ3) is 4.12. The highest BCUT2D eigenvalue weighted by Gasteiger charge is 2.34. The molecular weight excluding hydrogens is 432 g/mol. The largest absolute Gasteiger partial charge is 0.481 e. The number of nitrogens with one attached hydrogen (secondary N) is 1. The van der Waals surface area contributed by atoms with Crippen LogP contribution in [0.2, 0.25) is 0 Å². The molecule has 1 heterocycles. The van der Waals surface area contributed by atoms with E-state index in [4.69, 9.17) is 9.84 Å². The third-order valence-electron chi connectivity index (χ3n) is 6.45. The summed E-state index contributed by atoms with van der Waals surface area (Å²) < 4.78 is 5.60. The molecule has 0 saturated carbocycles. The Bertz CT molecular complexity index is 1220. The number of fused-ring (bicyclic) bond motifs is 3. The third-order valence-corrected chi connectivity index (χ3v) is 6.45. The minimum Gasteiger partial charge on any atom is -0.481 e. The number of hydrogen-bond donors (Lipinski definition) is 2. The number of likely N-dealkylation sites (tertiary alicyclic amines) is 1. The molecule has 2 aliphatic rings. The standard InChI is InChI=1S/C27H24N2O5/c30-25(31)13-17-14-29(15-17)26(32)22-11-5-6-12-24(22)28-27(33)34-16-23-20-9-3-1-7-18(20)19-8-2-4-10-21(19)23/h1-12,17,23H,13-16H2,(H,28,33)(H,30,31). The summed E-state index contributed by atoms with van der Waals surface area (Å²) >= 11 is 0. The van der Waals surface area contributed by atoms with Crippen molar-refractivity contribution in [1.82, 2.24) is 4.90 Å². The predicted octanol–water partition coefficient (Wildman–Crippen LogP) is 4.59. The molecule has 1 aliphatic heterocycles. The van der Waals surface area contributed by atoms with Crippen LogP contribution in [0.3, 0.4) is 0 Å². The van der Waals surface area contributed by atoms with Gasteiger partial charge in [0.2, 0.25) is 0 Å². The zero-order valence-electron chi connectivity index (χ0n) is 18.4. The van der Waals surface area contributed by atoms with Gasteiger partial charge in [-0.3, -0.25) is 14.9 Å². The van der Waals surface area contributed by atoms with Crippen molar-refractivity contribution in [3.05, 3.63) is 89.5 Å². The maximum Gasteiger partial charge on any atom is 0.411 e. The average Bonchev–Trinajstić information content (AvgIpc) is 3.13. The van der Waals surface area contributed by atoms with Crippen molar-refractivity contribution in [3.8, 4) is 11.1 Å². The van der Waals surface area contributed by atoms with E-state index in [-0.39, 0.29) is 30.8 Å². The van der Waals surface area contributed by atoms with Crippen molar-refractivity contribution < 1.29 is 24.2 Å². The maximum atomic E-state index is 12.9. The monoisotopic (exact) mass is 456 g/mol. The van der Waals surface area contributed by atoms with Gasteiger partial charge in [-0.05, 0) is 34.4 Å². The molecule has 3 aromatic rings. The van der Waals surface area contributed by atoms with Crippen molar-refractivity contribution in [1.29, 1.82) is 0 Å². The maximum absolute atomic E-state index is 12.9. The van der Waals surface area contributed by atoms with Gasteiger partial charge in [-0.1, -0.05) is 60.7 Å². The highest BCUT2D eigenvalue weighted by Crippen LogP contribution is 2.44. The van der Waals surface area contributed by atoms with Gasteiger partial charge in [0.05, 0.1) is 17.7 Å². The van der Waals surface area contributed by atoms with Gasteiger partial charge in [-0.2, -0.15) is 0 Å². The minimum atomic E-state index is -0.866. The minimum absolute atomic E-state index is 0.0382. The highest BCUT2D eigenvalue weighted by atomic mass is 16.5. The lowest BCUT2D eigenvalue weighted by Crippen LogP contribution is -2.50. The summed E-state index contributed by atoms with van der Waals surface area (Å²) in [5.74, 6) is -1.20. The highest BCUT2D eigenvalue weighted by molar-refractivity contribution is 6.03. The molecule has 5 rings (SSSR count). The predicted molar refractivity (Wildman–Crippen MR) is 127 cm³/mol. The second-order valence-corrected chi connectivity index (χ2v) is 8.67. The molecule has 1 saturated heterocycles. The number of para-hydroxylation sites is 1.